The molecule has 1 aromatic rings. The quantitative estimate of drug-likeness (QED) is 0.841. The van der Waals surface area contributed by atoms with E-state index in [0.717, 1.165) is 25.2 Å². The fourth-order valence-corrected chi connectivity index (χ4v) is 4.75. The molecule has 2 atom stereocenters. The van der Waals surface area contributed by atoms with Gasteiger partial charge in [0.15, 0.2) is 9.84 Å². The molecular formula is C14H20N4O3S. The zero-order chi connectivity index (χ0) is 15.6. The van der Waals surface area contributed by atoms with Gasteiger partial charge in [0.25, 0.3) is 0 Å². The molecule has 0 bridgehead atoms. The van der Waals surface area contributed by atoms with Gasteiger partial charge in [0, 0.05) is 31.5 Å². The minimum atomic E-state index is -2.97. The van der Waals surface area contributed by atoms with Gasteiger partial charge < -0.3 is 10.2 Å². The molecule has 2 aliphatic heterocycles. The highest BCUT2D eigenvalue weighted by Gasteiger charge is 2.32. The Morgan fingerprint density at radius 1 is 1.32 bits per heavy atom. The largest absolute Gasteiger partial charge is 0.355 e. The van der Waals surface area contributed by atoms with Crippen LogP contribution in [0.3, 0.4) is 0 Å². The van der Waals surface area contributed by atoms with E-state index in [4.69, 9.17) is 0 Å². The lowest BCUT2D eigenvalue weighted by atomic mass is 9.96. The summed E-state index contributed by atoms with van der Waals surface area (Å²) in [4.78, 5) is 22.8. The summed E-state index contributed by atoms with van der Waals surface area (Å²) in [7, 11) is -2.97. The molecule has 3 heterocycles. The van der Waals surface area contributed by atoms with Crippen molar-refractivity contribution in [1.82, 2.24) is 15.3 Å². The molecule has 120 valence electrons. The molecule has 0 spiro atoms. The first-order chi connectivity index (χ1) is 10.5. The van der Waals surface area contributed by atoms with Crippen LogP contribution >= 0.6 is 0 Å². The maximum Gasteiger partial charge on any atom is 0.225 e. The van der Waals surface area contributed by atoms with Gasteiger partial charge in [0.2, 0.25) is 5.91 Å². The van der Waals surface area contributed by atoms with Gasteiger partial charge in [-0.2, -0.15) is 0 Å². The Kier molecular flexibility index (Phi) is 4.28. The van der Waals surface area contributed by atoms with Crippen LogP contribution in [0.4, 0.5) is 5.82 Å². The first kappa shape index (κ1) is 15.2. The summed E-state index contributed by atoms with van der Waals surface area (Å²) in [5.41, 5.74) is 0. The normalized spacial score (nSPS) is 27.5. The lowest BCUT2D eigenvalue weighted by Crippen LogP contribution is -2.46. The molecule has 7 nitrogen and oxygen atoms in total. The molecule has 2 saturated heterocycles. The van der Waals surface area contributed by atoms with Crippen molar-refractivity contribution in [2.24, 2.45) is 5.92 Å². The highest BCUT2D eigenvalue weighted by atomic mass is 32.2. The van der Waals surface area contributed by atoms with Gasteiger partial charge in [-0.1, -0.05) is 0 Å². The van der Waals surface area contributed by atoms with Gasteiger partial charge in [-0.25, -0.2) is 13.4 Å². The molecule has 0 unspecified atom stereocenters. The van der Waals surface area contributed by atoms with Crippen LogP contribution in [0.25, 0.3) is 0 Å². The fourth-order valence-electron chi connectivity index (χ4n) is 3.08. The third-order valence-electron chi connectivity index (χ3n) is 4.24. The second-order valence-corrected chi connectivity index (χ2v) is 8.19. The molecule has 0 aromatic carbocycles. The number of aromatic nitrogens is 2. The second kappa shape index (κ2) is 6.20. The number of rotatable bonds is 3. The van der Waals surface area contributed by atoms with Crippen molar-refractivity contribution in [3.8, 4) is 0 Å². The molecule has 8 heteroatoms. The van der Waals surface area contributed by atoms with Crippen molar-refractivity contribution in [1.29, 1.82) is 0 Å². The number of nitrogens with one attached hydrogen (secondary N) is 1. The number of anilines is 1. The summed E-state index contributed by atoms with van der Waals surface area (Å²) in [6, 6.07) is -0.232. The van der Waals surface area contributed by atoms with Gasteiger partial charge in [-0.05, 0) is 19.3 Å². The maximum atomic E-state index is 12.4. The van der Waals surface area contributed by atoms with Gasteiger partial charge >= 0.3 is 0 Å². The van der Waals surface area contributed by atoms with E-state index in [-0.39, 0.29) is 29.4 Å². The van der Waals surface area contributed by atoms with E-state index in [1.807, 2.05) is 0 Å². The number of hydrogen-bond donors (Lipinski definition) is 1. The Morgan fingerprint density at radius 3 is 2.86 bits per heavy atom. The summed E-state index contributed by atoms with van der Waals surface area (Å²) in [6.45, 7) is 1.46. The Bertz CT molecular complexity index is 635. The maximum absolute atomic E-state index is 12.4. The zero-order valence-electron chi connectivity index (χ0n) is 12.3. The number of nitrogens with zero attached hydrogens (tertiary/aromatic N) is 3. The first-order valence-corrected chi connectivity index (χ1v) is 9.37. The average Bonchev–Trinajstić information content (AvgIpc) is 2.87. The molecule has 1 amide bonds. The van der Waals surface area contributed by atoms with Gasteiger partial charge in [-0.15, -0.1) is 0 Å². The van der Waals surface area contributed by atoms with Crippen LogP contribution in [0.5, 0.6) is 0 Å². The highest BCUT2D eigenvalue weighted by molar-refractivity contribution is 7.91. The Balaban J connectivity index is 1.59. The minimum Gasteiger partial charge on any atom is -0.355 e. The third-order valence-corrected chi connectivity index (χ3v) is 6.01. The summed E-state index contributed by atoms with van der Waals surface area (Å²) >= 11 is 0. The predicted octanol–water partition coefficient (Wildman–Crippen LogP) is -0.00370. The molecule has 1 aromatic heterocycles. The van der Waals surface area contributed by atoms with Crippen LogP contribution in [0.15, 0.2) is 18.6 Å². The number of sulfone groups is 1. The number of piperidine rings is 1. The molecule has 1 N–H and O–H groups in total. The Hall–Kier alpha value is -1.70. The summed E-state index contributed by atoms with van der Waals surface area (Å²) in [5, 5.41) is 2.90. The van der Waals surface area contributed by atoms with Crippen LogP contribution in [-0.4, -0.2) is 54.9 Å². The zero-order valence-corrected chi connectivity index (χ0v) is 13.1. The van der Waals surface area contributed by atoms with Crippen LogP contribution < -0.4 is 10.2 Å². The van der Waals surface area contributed by atoms with E-state index in [2.05, 4.69) is 20.2 Å². The number of amides is 1. The second-order valence-electron chi connectivity index (χ2n) is 5.96. The van der Waals surface area contributed by atoms with Crippen molar-refractivity contribution >= 4 is 21.6 Å². The lowest BCUT2D eigenvalue weighted by molar-refractivity contribution is -0.125. The molecule has 3 rings (SSSR count). The van der Waals surface area contributed by atoms with E-state index in [0.29, 0.717) is 13.0 Å². The monoisotopic (exact) mass is 324 g/mol. The van der Waals surface area contributed by atoms with E-state index in [9.17, 15) is 13.2 Å². The fraction of sp³-hybridized carbons (Fsp3) is 0.643. The van der Waals surface area contributed by atoms with Crippen LogP contribution in [0, 0.1) is 5.92 Å². The van der Waals surface area contributed by atoms with Gasteiger partial charge in [0.1, 0.15) is 5.82 Å². The number of carbonyl (C=O) groups is 1. The summed E-state index contributed by atoms with van der Waals surface area (Å²) in [5.74, 6) is 0.853. The van der Waals surface area contributed by atoms with Crippen molar-refractivity contribution in [2.75, 3.05) is 29.5 Å². The molecule has 22 heavy (non-hydrogen) atoms. The molecule has 2 aliphatic rings. The van der Waals surface area contributed by atoms with Gasteiger partial charge in [0.05, 0.1) is 23.6 Å². The SMILES string of the molecule is O=C(N[C@@H]1CCS(=O)(=O)C1)[C@@H]1CCCN(c2cnccn2)C1. The number of hydrogen-bond acceptors (Lipinski definition) is 6. The van der Waals surface area contributed by atoms with E-state index in [1.165, 1.54) is 0 Å². The molecular weight excluding hydrogens is 304 g/mol. The molecule has 2 fully saturated rings. The standard InChI is InChI=1S/C14H20N4O3S/c19-14(17-12-3-7-22(20,21)10-12)11-2-1-6-18(9-11)13-8-15-4-5-16-13/h4-5,8,11-12H,1-3,6-7,9-10H2,(H,17,19)/t11-,12-/m1/s1. The van der Waals surface area contributed by atoms with Crippen molar-refractivity contribution < 1.29 is 13.2 Å². The van der Waals surface area contributed by atoms with Crippen LogP contribution in [0.1, 0.15) is 19.3 Å². The van der Waals surface area contributed by atoms with E-state index < -0.39 is 9.84 Å². The van der Waals surface area contributed by atoms with Crippen molar-refractivity contribution in [3.05, 3.63) is 18.6 Å². The van der Waals surface area contributed by atoms with Gasteiger partial charge in [-0.3, -0.25) is 9.78 Å². The van der Waals surface area contributed by atoms with Crippen LogP contribution in [-0.2, 0) is 14.6 Å². The average molecular weight is 324 g/mol. The molecule has 0 radical (unpaired) electrons. The molecule has 0 aliphatic carbocycles. The topological polar surface area (TPSA) is 92.3 Å². The first-order valence-electron chi connectivity index (χ1n) is 7.55. The minimum absolute atomic E-state index is 0.0457. The van der Waals surface area contributed by atoms with Crippen LogP contribution in [0.2, 0.25) is 0 Å². The number of carbonyl (C=O) groups excluding carboxylic acids is 1. The smallest absolute Gasteiger partial charge is 0.225 e. The third kappa shape index (κ3) is 3.55. The van der Waals surface area contributed by atoms with E-state index in [1.54, 1.807) is 18.6 Å². The summed E-state index contributed by atoms with van der Waals surface area (Å²) in [6.07, 6.45) is 7.22. The van der Waals surface area contributed by atoms with E-state index >= 15 is 0 Å². The van der Waals surface area contributed by atoms with Crippen molar-refractivity contribution in [3.63, 3.8) is 0 Å². The predicted molar refractivity (Wildman–Crippen MR) is 82.2 cm³/mol. The Morgan fingerprint density at radius 2 is 2.18 bits per heavy atom. The highest BCUT2D eigenvalue weighted by Crippen LogP contribution is 2.21. The van der Waals surface area contributed by atoms with Crippen molar-refractivity contribution in [2.45, 2.75) is 25.3 Å². The molecule has 0 saturated carbocycles. The Labute approximate surface area is 130 Å². The summed E-state index contributed by atoms with van der Waals surface area (Å²) < 4.78 is 22.9. The lowest BCUT2D eigenvalue weighted by Gasteiger charge is -2.33.